The van der Waals surface area contributed by atoms with Crippen molar-refractivity contribution in [3.05, 3.63) is 29.8 Å². The maximum Gasteiger partial charge on any atom is 0.404 e. The maximum absolute atomic E-state index is 10.6. The number of benzene rings is 1. The quantitative estimate of drug-likeness (QED) is 0.470. The lowest BCUT2D eigenvalue weighted by atomic mass is 10.2. The van der Waals surface area contributed by atoms with Gasteiger partial charge in [0.15, 0.2) is 6.29 Å². The Balaban J connectivity index is 2.43. The first kappa shape index (κ1) is 11.6. The molecule has 4 nitrogen and oxygen atoms in total. The van der Waals surface area contributed by atoms with E-state index in [0.29, 0.717) is 11.3 Å². The molecule has 0 aliphatic heterocycles. The van der Waals surface area contributed by atoms with Crippen molar-refractivity contribution in [2.24, 2.45) is 5.73 Å². The molecule has 0 saturated heterocycles. The summed E-state index contributed by atoms with van der Waals surface area (Å²) in [4.78, 5) is 21.8. The molecule has 0 radical (unpaired) electrons. The van der Waals surface area contributed by atoms with E-state index in [2.05, 4.69) is 4.74 Å². The van der Waals surface area contributed by atoms with Crippen LogP contribution in [-0.4, -0.2) is 24.7 Å². The van der Waals surface area contributed by atoms with Crippen LogP contribution >= 0.6 is 11.8 Å². The molecule has 0 atom stereocenters. The fourth-order valence-corrected chi connectivity index (χ4v) is 1.85. The Morgan fingerprint density at radius 1 is 1.47 bits per heavy atom. The maximum atomic E-state index is 10.6. The molecule has 1 aromatic rings. The molecule has 0 aromatic heterocycles. The predicted molar refractivity (Wildman–Crippen MR) is 58.1 cm³/mol. The topological polar surface area (TPSA) is 69.4 Å². The third-order valence-electron chi connectivity index (χ3n) is 1.63. The Hall–Kier alpha value is -1.49. The van der Waals surface area contributed by atoms with Crippen LogP contribution in [0, 0.1) is 0 Å². The molecule has 0 bridgehead atoms. The molecule has 0 heterocycles. The van der Waals surface area contributed by atoms with E-state index in [1.165, 1.54) is 11.8 Å². The first-order valence-electron chi connectivity index (χ1n) is 4.33. The van der Waals surface area contributed by atoms with Gasteiger partial charge in [-0.3, -0.25) is 4.79 Å². The summed E-state index contributed by atoms with van der Waals surface area (Å²) in [6.45, 7) is 0.243. The number of ether oxygens (including phenoxy) is 1. The Labute approximate surface area is 91.8 Å². The van der Waals surface area contributed by atoms with Gasteiger partial charge in [0.05, 0.1) is 0 Å². The lowest BCUT2D eigenvalue weighted by Crippen LogP contribution is -2.14. The third kappa shape index (κ3) is 4.03. The largest absolute Gasteiger partial charge is 0.449 e. The molecule has 0 unspecified atom stereocenters. The normalized spacial score (nSPS) is 9.60. The van der Waals surface area contributed by atoms with Crippen LogP contribution in [0.2, 0.25) is 0 Å². The molecule has 5 heteroatoms. The average Bonchev–Trinajstić information content (AvgIpc) is 2.24. The lowest BCUT2D eigenvalue weighted by molar-refractivity contribution is 0.112. The van der Waals surface area contributed by atoms with Gasteiger partial charge in [0.25, 0.3) is 0 Å². The van der Waals surface area contributed by atoms with Crippen LogP contribution in [0.3, 0.4) is 0 Å². The highest BCUT2D eigenvalue weighted by molar-refractivity contribution is 7.99. The van der Waals surface area contributed by atoms with Gasteiger partial charge >= 0.3 is 6.09 Å². The van der Waals surface area contributed by atoms with Crippen LogP contribution in [-0.2, 0) is 4.74 Å². The second-order valence-electron chi connectivity index (χ2n) is 2.67. The Morgan fingerprint density at radius 2 is 2.20 bits per heavy atom. The SMILES string of the molecule is NC(=O)OCCSc1ccccc1C=O. The average molecular weight is 225 g/mol. The van der Waals surface area contributed by atoms with Gasteiger partial charge in [0.1, 0.15) is 6.61 Å². The highest BCUT2D eigenvalue weighted by Gasteiger charge is 2.01. The van der Waals surface area contributed by atoms with Crippen molar-refractivity contribution in [3.63, 3.8) is 0 Å². The third-order valence-corrected chi connectivity index (χ3v) is 2.68. The molecular formula is C10H11NO3S. The monoisotopic (exact) mass is 225 g/mol. The van der Waals surface area contributed by atoms with Crippen LogP contribution in [0.4, 0.5) is 4.79 Å². The summed E-state index contributed by atoms with van der Waals surface area (Å²) in [7, 11) is 0. The molecule has 15 heavy (non-hydrogen) atoms. The Bertz CT molecular complexity index is 354. The molecule has 2 N–H and O–H groups in total. The van der Waals surface area contributed by atoms with Crippen molar-refractivity contribution in [1.29, 1.82) is 0 Å². The van der Waals surface area contributed by atoms with Crippen LogP contribution < -0.4 is 5.73 Å². The predicted octanol–water partition coefficient (Wildman–Crippen LogP) is 1.69. The number of amides is 1. The number of nitrogens with two attached hydrogens (primary N) is 1. The Kier molecular flexibility index (Phi) is 4.70. The summed E-state index contributed by atoms with van der Waals surface area (Å²) < 4.78 is 4.57. The van der Waals surface area contributed by atoms with Crippen LogP contribution in [0.25, 0.3) is 0 Å². The number of aldehydes is 1. The summed E-state index contributed by atoms with van der Waals surface area (Å²) in [5.74, 6) is 0.577. The van der Waals surface area contributed by atoms with Crippen LogP contribution in [0.15, 0.2) is 29.2 Å². The van der Waals surface area contributed by atoms with Gasteiger partial charge in [0, 0.05) is 16.2 Å². The van der Waals surface area contributed by atoms with Crippen molar-refractivity contribution in [2.75, 3.05) is 12.4 Å². The zero-order valence-corrected chi connectivity index (χ0v) is 8.83. The fourth-order valence-electron chi connectivity index (χ4n) is 1.00. The van der Waals surface area contributed by atoms with Gasteiger partial charge in [-0.15, -0.1) is 11.8 Å². The van der Waals surface area contributed by atoms with E-state index in [1.807, 2.05) is 12.1 Å². The molecule has 0 saturated carbocycles. The van der Waals surface area contributed by atoms with Crippen molar-refractivity contribution >= 4 is 24.1 Å². The van der Waals surface area contributed by atoms with Crippen LogP contribution in [0.1, 0.15) is 10.4 Å². The summed E-state index contributed by atoms with van der Waals surface area (Å²) >= 11 is 1.45. The van der Waals surface area contributed by atoms with Crippen molar-refractivity contribution in [3.8, 4) is 0 Å². The second-order valence-corrected chi connectivity index (χ2v) is 3.81. The summed E-state index contributed by atoms with van der Waals surface area (Å²) in [5, 5.41) is 0. The minimum atomic E-state index is -0.778. The van der Waals surface area contributed by atoms with Crippen LogP contribution in [0.5, 0.6) is 0 Å². The number of hydrogen-bond acceptors (Lipinski definition) is 4. The zero-order chi connectivity index (χ0) is 11.1. The Morgan fingerprint density at radius 3 is 2.87 bits per heavy atom. The van der Waals surface area contributed by atoms with E-state index in [1.54, 1.807) is 12.1 Å². The van der Waals surface area contributed by atoms with Crippen molar-refractivity contribution in [2.45, 2.75) is 4.90 Å². The van der Waals surface area contributed by atoms with E-state index < -0.39 is 6.09 Å². The summed E-state index contributed by atoms with van der Waals surface area (Å²) in [5.41, 5.74) is 5.44. The van der Waals surface area contributed by atoms with Crippen molar-refractivity contribution in [1.82, 2.24) is 0 Å². The number of carbonyl (C=O) groups excluding carboxylic acids is 2. The van der Waals surface area contributed by atoms with E-state index >= 15 is 0 Å². The second kappa shape index (κ2) is 6.08. The van der Waals surface area contributed by atoms with Gasteiger partial charge in [-0.05, 0) is 6.07 Å². The molecule has 1 amide bonds. The minimum absolute atomic E-state index is 0.243. The van der Waals surface area contributed by atoms with E-state index in [-0.39, 0.29) is 6.61 Å². The molecule has 0 aliphatic carbocycles. The van der Waals surface area contributed by atoms with E-state index in [0.717, 1.165) is 11.2 Å². The van der Waals surface area contributed by atoms with Gasteiger partial charge in [-0.25, -0.2) is 4.79 Å². The highest BCUT2D eigenvalue weighted by atomic mass is 32.2. The molecule has 80 valence electrons. The summed E-state index contributed by atoms with van der Waals surface area (Å²) in [6.07, 6.45) is 0.0244. The molecule has 1 aromatic carbocycles. The molecule has 1 rings (SSSR count). The van der Waals surface area contributed by atoms with Gasteiger partial charge in [0.2, 0.25) is 0 Å². The number of hydrogen-bond donors (Lipinski definition) is 1. The molecular weight excluding hydrogens is 214 g/mol. The van der Waals surface area contributed by atoms with Gasteiger partial charge in [-0.1, -0.05) is 18.2 Å². The van der Waals surface area contributed by atoms with Crippen molar-refractivity contribution < 1.29 is 14.3 Å². The number of primary amides is 1. The zero-order valence-electron chi connectivity index (χ0n) is 8.01. The first-order valence-corrected chi connectivity index (χ1v) is 5.32. The molecule has 0 aliphatic rings. The first-order chi connectivity index (χ1) is 7.24. The van der Waals surface area contributed by atoms with Gasteiger partial charge < -0.3 is 10.5 Å². The van der Waals surface area contributed by atoms with E-state index in [9.17, 15) is 9.59 Å². The lowest BCUT2D eigenvalue weighted by Gasteiger charge is -2.03. The standard InChI is InChI=1S/C10H11NO3S/c11-10(13)14-5-6-15-9-4-2-1-3-8(9)7-12/h1-4,7H,5-6H2,(H2,11,13). The number of thioether (sulfide) groups is 1. The number of rotatable bonds is 5. The molecule has 0 fully saturated rings. The fraction of sp³-hybridized carbons (Fsp3) is 0.200. The number of carbonyl (C=O) groups is 2. The summed E-state index contributed by atoms with van der Waals surface area (Å²) in [6, 6.07) is 7.24. The highest BCUT2D eigenvalue weighted by Crippen LogP contribution is 2.20. The van der Waals surface area contributed by atoms with Gasteiger partial charge in [-0.2, -0.15) is 0 Å². The minimum Gasteiger partial charge on any atom is -0.449 e. The smallest absolute Gasteiger partial charge is 0.404 e. The molecule has 0 spiro atoms. The van der Waals surface area contributed by atoms with E-state index in [4.69, 9.17) is 5.73 Å².